The second-order valence-electron chi connectivity index (χ2n) is 9.10. The van der Waals surface area contributed by atoms with Crippen molar-refractivity contribution in [3.05, 3.63) is 112 Å². The van der Waals surface area contributed by atoms with E-state index in [-0.39, 0.29) is 17.1 Å². The molecule has 0 aromatic heterocycles. The van der Waals surface area contributed by atoms with Crippen LogP contribution >= 0.6 is 11.6 Å². The number of rotatable bonds is 6. The van der Waals surface area contributed by atoms with Crippen LogP contribution in [0.3, 0.4) is 0 Å². The smallest absolute Gasteiger partial charge is 0.255 e. The molecule has 1 amide bonds. The Hall–Kier alpha value is -3.28. The van der Waals surface area contributed by atoms with Crippen molar-refractivity contribution in [3.63, 3.8) is 0 Å². The number of carbonyl (C=O) groups excluding carboxylic acids is 1. The zero-order valence-corrected chi connectivity index (χ0v) is 20.3. The zero-order valence-electron chi connectivity index (χ0n) is 19.5. The van der Waals surface area contributed by atoms with Gasteiger partial charge in [0.1, 0.15) is 5.82 Å². The standard InChI is InChI=1S/C29H27ClFN3O/c1-18-5-11-24(34-29(35)19-6-9-22(31)10-7-19)15-20(18)8-12-23-16-21(13-14-32-23)26-17-33-28-25(26)3-2-4-27(28)30/h2-7,9-11,13,15,17,23,27,32H,8,12,14,16H2,1H3,(H,34,35). The molecule has 2 aromatic carbocycles. The number of anilines is 1. The van der Waals surface area contributed by atoms with Crippen LogP contribution in [-0.4, -0.2) is 29.6 Å². The molecule has 1 aliphatic carbocycles. The topological polar surface area (TPSA) is 53.5 Å². The van der Waals surface area contributed by atoms with Gasteiger partial charge in [0.05, 0.1) is 11.1 Å². The van der Waals surface area contributed by atoms with E-state index >= 15 is 0 Å². The highest BCUT2D eigenvalue weighted by Crippen LogP contribution is 2.34. The molecule has 0 saturated carbocycles. The molecular weight excluding hydrogens is 461 g/mol. The van der Waals surface area contributed by atoms with Gasteiger partial charge in [-0.2, -0.15) is 0 Å². The molecule has 0 spiro atoms. The number of hydrogen-bond donors (Lipinski definition) is 2. The highest BCUT2D eigenvalue weighted by atomic mass is 35.5. The molecule has 2 unspecified atom stereocenters. The number of halogens is 2. The van der Waals surface area contributed by atoms with Gasteiger partial charge in [-0.1, -0.05) is 30.4 Å². The van der Waals surface area contributed by atoms with Crippen LogP contribution in [0.2, 0.25) is 0 Å². The maximum absolute atomic E-state index is 13.2. The lowest BCUT2D eigenvalue weighted by Crippen LogP contribution is -2.34. The first-order chi connectivity index (χ1) is 17.0. The number of fused-ring (bicyclic) bond motifs is 1. The number of benzene rings is 2. The molecule has 2 aliphatic heterocycles. The van der Waals surface area contributed by atoms with Crippen molar-refractivity contribution in [1.82, 2.24) is 5.32 Å². The Morgan fingerprint density at radius 2 is 2.03 bits per heavy atom. The van der Waals surface area contributed by atoms with Gasteiger partial charge in [0.2, 0.25) is 0 Å². The number of hydrogen-bond acceptors (Lipinski definition) is 3. The highest BCUT2D eigenvalue weighted by molar-refractivity contribution is 6.38. The van der Waals surface area contributed by atoms with Crippen LogP contribution in [0.1, 0.15) is 34.3 Å². The monoisotopic (exact) mass is 487 g/mol. The van der Waals surface area contributed by atoms with Crippen LogP contribution in [0.5, 0.6) is 0 Å². The molecule has 2 atom stereocenters. The second kappa shape index (κ2) is 10.1. The van der Waals surface area contributed by atoms with Crippen molar-refractivity contribution in [1.29, 1.82) is 0 Å². The number of amides is 1. The fourth-order valence-electron chi connectivity index (χ4n) is 4.75. The van der Waals surface area contributed by atoms with Crippen LogP contribution in [-0.2, 0) is 6.42 Å². The van der Waals surface area contributed by atoms with Crippen molar-refractivity contribution in [2.45, 2.75) is 37.6 Å². The molecule has 2 N–H and O–H groups in total. The first kappa shape index (κ1) is 23.5. The van der Waals surface area contributed by atoms with Crippen molar-refractivity contribution in [3.8, 4) is 0 Å². The SMILES string of the molecule is Cc1ccc(NC(=O)c2ccc(F)cc2)cc1CCC1CC(C2=CN=C3C2=CC=CC3Cl)=CCN1. The maximum atomic E-state index is 13.2. The average Bonchev–Trinajstić information content (AvgIpc) is 3.30. The molecular formula is C29H27ClFN3O. The van der Waals surface area contributed by atoms with Gasteiger partial charge in [0.25, 0.3) is 5.91 Å². The summed E-state index contributed by atoms with van der Waals surface area (Å²) in [5.41, 5.74) is 8.14. The molecule has 4 nitrogen and oxygen atoms in total. The molecule has 3 aliphatic rings. The van der Waals surface area contributed by atoms with E-state index in [9.17, 15) is 9.18 Å². The van der Waals surface area contributed by atoms with Gasteiger partial charge in [-0.3, -0.25) is 9.79 Å². The Morgan fingerprint density at radius 3 is 2.86 bits per heavy atom. The number of aliphatic imine (C=N–C) groups is 1. The summed E-state index contributed by atoms with van der Waals surface area (Å²) in [4.78, 5) is 17.1. The van der Waals surface area contributed by atoms with E-state index in [1.807, 2.05) is 36.6 Å². The predicted molar refractivity (Wildman–Crippen MR) is 141 cm³/mol. The summed E-state index contributed by atoms with van der Waals surface area (Å²) in [5, 5.41) is 6.38. The molecule has 0 fully saturated rings. The first-order valence-corrected chi connectivity index (χ1v) is 12.3. The number of carbonyl (C=O) groups is 1. The predicted octanol–water partition coefficient (Wildman–Crippen LogP) is 6.05. The molecule has 0 bridgehead atoms. The van der Waals surface area contributed by atoms with Crippen molar-refractivity contribution in [2.24, 2.45) is 4.99 Å². The first-order valence-electron chi connectivity index (χ1n) is 11.9. The van der Waals surface area contributed by atoms with E-state index in [4.69, 9.17) is 11.6 Å². The van der Waals surface area contributed by atoms with E-state index < -0.39 is 0 Å². The molecule has 35 heavy (non-hydrogen) atoms. The Balaban J connectivity index is 1.21. The van der Waals surface area contributed by atoms with Gasteiger partial charge in [-0.25, -0.2) is 4.39 Å². The van der Waals surface area contributed by atoms with Crippen molar-refractivity contribution < 1.29 is 9.18 Å². The van der Waals surface area contributed by atoms with Crippen LogP contribution in [0, 0.1) is 12.7 Å². The summed E-state index contributed by atoms with van der Waals surface area (Å²) in [6.07, 6.45) is 13.1. The molecule has 6 heteroatoms. The van der Waals surface area contributed by atoms with Gasteiger partial charge >= 0.3 is 0 Å². The second-order valence-corrected chi connectivity index (χ2v) is 9.57. The minimum Gasteiger partial charge on any atom is -0.322 e. The number of nitrogens with zero attached hydrogens (tertiary/aromatic N) is 1. The lowest BCUT2D eigenvalue weighted by molar-refractivity contribution is 0.102. The Kier molecular flexibility index (Phi) is 6.80. The summed E-state index contributed by atoms with van der Waals surface area (Å²) in [6, 6.07) is 11.9. The third-order valence-electron chi connectivity index (χ3n) is 6.75. The van der Waals surface area contributed by atoms with Crippen LogP contribution < -0.4 is 10.6 Å². The van der Waals surface area contributed by atoms with Gasteiger partial charge in [-0.15, -0.1) is 11.6 Å². The molecule has 5 rings (SSSR count). The normalized spacial score (nSPS) is 21.0. The van der Waals surface area contributed by atoms with Crippen LogP contribution in [0.25, 0.3) is 0 Å². The molecule has 0 saturated heterocycles. The number of nitrogens with one attached hydrogen (secondary N) is 2. The van der Waals surface area contributed by atoms with E-state index in [0.29, 0.717) is 11.6 Å². The van der Waals surface area contributed by atoms with Crippen molar-refractivity contribution >= 4 is 28.9 Å². The van der Waals surface area contributed by atoms with E-state index in [0.717, 1.165) is 42.8 Å². The van der Waals surface area contributed by atoms with Gasteiger partial charge in [0.15, 0.2) is 0 Å². The van der Waals surface area contributed by atoms with Crippen LogP contribution in [0.4, 0.5) is 10.1 Å². The largest absolute Gasteiger partial charge is 0.322 e. The van der Waals surface area contributed by atoms with Crippen molar-refractivity contribution in [2.75, 3.05) is 11.9 Å². The van der Waals surface area contributed by atoms with Gasteiger partial charge in [0, 0.05) is 41.2 Å². The minimum absolute atomic E-state index is 0.166. The third-order valence-corrected chi connectivity index (χ3v) is 7.10. The lowest BCUT2D eigenvalue weighted by Gasteiger charge is -2.26. The summed E-state index contributed by atoms with van der Waals surface area (Å²) in [7, 11) is 0. The maximum Gasteiger partial charge on any atom is 0.255 e. The quantitative estimate of drug-likeness (QED) is 0.487. The van der Waals surface area contributed by atoms with E-state index in [1.54, 1.807) is 0 Å². The lowest BCUT2D eigenvalue weighted by atomic mass is 9.86. The molecule has 0 radical (unpaired) electrons. The molecule has 178 valence electrons. The number of alkyl halides is 1. The highest BCUT2D eigenvalue weighted by Gasteiger charge is 2.28. The summed E-state index contributed by atoms with van der Waals surface area (Å²) >= 11 is 6.40. The van der Waals surface area contributed by atoms with Gasteiger partial charge < -0.3 is 10.6 Å². The number of aryl methyl sites for hydroxylation is 2. The number of allylic oxidation sites excluding steroid dienone is 5. The summed E-state index contributed by atoms with van der Waals surface area (Å²) in [5.74, 6) is -0.609. The van der Waals surface area contributed by atoms with Gasteiger partial charge in [-0.05, 0) is 79.3 Å². The fraction of sp³-hybridized carbons (Fsp3) is 0.241. The fourth-order valence-corrected chi connectivity index (χ4v) is 5.01. The van der Waals surface area contributed by atoms with E-state index in [2.05, 4.69) is 34.7 Å². The molecule has 2 aromatic rings. The summed E-state index contributed by atoms with van der Waals surface area (Å²) in [6.45, 7) is 2.92. The molecule has 2 heterocycles. The Labute approximate surface area is 210 Å². The summed E-state index contributed by atoms with van der Waals surface area (Å²) < 4.78 is 13.2. The third kappa shape index (κ3) is 5.21. The Bertz CT molecular complexity index is 1300. The minimum atomic E-state index is -0.360. The average molecular weight is 488 g/mol. The van der Waals surface area contributed by atoms with E-state index in [1.165, 1.54) is 46.5 Å². The zero-order chi connectivity index (χ0) is 24.4. The van der Waals surface area contributed by atoms with Crippen LogP contribution in [0.15, 0.2) is 94.7 Å². The Morgan fingerprint density at radius 1 is 1.20 bits per heavy atom.